The van der Waals surface area contributed by atoms with Crippen molar-refractivity contribution in [1.82, 2.24) is 0 Å². The van der Waals surface area contributed by atoms with Gasteiger partial charge in [0.15, 0.2) is 0 Å². The van der Waals surface area contributed by atoms with Crippen molar-refractivity contribution in [1.29, 1.82) is 0 Å². The van der Waals surface area contributed by atoms with Crippen molar-refractivity contribution >= 4 is 11.8 Å². The highest BCUT2D eigenvalue weighted by Crippen LogP contribution is 2.35. The Balaban J connectivity index is 2.57. The summed E-state index contributed by atoms with van der Waals surface area (Å²) in [5.41, 5.74) is -0.671. The van der Waals surface area contributed by atoms with Gasteiger partial charge in [0.2, 0.25) is 0 Å². The molecule has 0 unspecified atom stereocenters. The molecule has 5 atom stereocenters. The second-order valence-corrected chi connectivity index (χ2v) is 8.40. The van der Waals surface area contributed by atoms with E-state index in [0.29, 0.717) is 6.42 Å². The van der Waals surface area contributed by atoms with Crippen LogP contribution in [0.2, 0.25) is 0 Å². The minimum Gasteiger partial charge on any atom is -0.469 e. The molecule has 0 bridgehead atoms. The summed E-state index contributed by atoms with van der Waals surface area (Å²) in [5, 5.41) is 21.0. The normalized spacial score (nSPS) is 25.3. The minimum atomic E-state index is -0.791. The Morgan fingerprint density at radius 1 is 1.24 bits per heavy atom. The fourth-order valence-corrected chi connectivity index (χ4v) is 4.02. The first-order valence-electron chi connectivity index (χ1n) is 11.0. The first-order valence-corrected chi connectivity index (χ1v) is 11.0. The number of ether oxygens (including phenoxy) is 2. The number of aliphatic hydroxyl groups excluding tert-OH is 2. The average molecular weight is 413 g/mol. The predicted octanol–water partition coefficient (Wildman–Crippen LogP) is 3.58. The van der Waals surface area contributed by atoms with E-state index in [4.69, 9.17) is 4.74 Å². The van der Waals surface area contributed by atoms with Gasteiger partial charge in [0.1, 0.15) is 11.9 Å². The van der Waals surface area contributed by atoms with Gasteiger partial charge in [-0.3, -0.25) is 9.59 Å². The van der Waals surface area contributed by atoms with E-state index in [1.54, 1.807) is 13.2 Å². The number of ketones is 1. The Kier molecular flexibility index (Phi) is 11.7. The lowest BCUT2D eigenvalue weighted by Gasteiger charge is -2.32. The molecule has 6 nitrogen and oxygen atoms in total. The Bertz CT molecular complexity index is 531. The van der Waals surface area contributed by atoms with Crippen LogP contribution in [0.5, 0.6) is 0 Å². The van der Waals surface area contributed by atoms with Crippen molar-refractivity contribution in [2.45, 2.75) is 95.9 Å². The van der Waals surface area contributed by atoms with E-state index >= 15 is 0 Å². The molecule has 0 aromatic heterocycles. The molecule has 1 aliphatic rings. The molecule has 0 aromatic rings. The van der Waals surface area contributed by atoms with E-state index in [1.165, 1.54) is 7.11 Å². The number of methoxy groups -OCH3 is 2. The second-order valence-electron chi connectivity index (χ2n) is 8.40. The number of carbonyl (C=O) groups excluding carboxylic acids is 2. The summed E-state index contributed by atoms with van der Waals surface area (Å²) in [6, 6.07) is 0. The van der Waals surface area contributed by atoms with Crippen molar-refractivity contribution in [2.24, 2.45) is 11.8 Å². The highest BCUT2D eigenvalue weighted by Gasteiger charge is 2.40. The molecular weight excluding hydrogens is 372 g/mol. The largest absolute Gasteiger partial charge is 0.469 e. The lowest BCUT2D eigenvalue weighted by Crippen LogP contribution is -2.40. The van der Waals surface area contributed by atoms with Crippen LogP contribution in [0, 0.1) is 11.8 Å². The number of rotatable bonds is 14. The average Bonchev–Trinajstić information content (AvgIpc) is 2.98. The molecule has 1 saturated carbocycles. The third kappa shape index (κ3) is 8.19. The number of hydrogen-bond donors (Lipinski definition) is 2. The van der Waals surface area contributed by atoms with Crippen molar-refractivity contribution in [3.63, 3.8) is 0 Å². The van der Waals surface area contributed by atoms with Gasteiger partial charge in [0.25, 0.3) is 0 Å². The van der Waals surface area contributed by atoms with Gasteiger partial charge in [-0.05, 0) is 26.2 Å². The number of Topliss-reactive ketones (excluding diaryl/α,β-unsaturated/α-hetero) is 1. The van der Waals surface area contributed by atoms with Crippen LogP contribution in [-0.4, -0.2) is 54.0 Å². The zero-order valence-electron chi connectivity index (χ0n) is 18.6. The lowest BCUT2D eigenvalue weighted by molar-refractivity contribution is -0.140. The van der Waals surface area contributed by atoms with Crippen molar-refractivity contribution in [3.05, 3.63) is 12.2 Å². The van der Waals surface area contributed by atoms with Gasteiger partial charge < -0.3 is 19.7 Å². The van der Waals surface area contributed by atoms with Crippen LogP contribution < -0.4 is 0 Å². The van der Waals surface area contributed by atoms with Crippen LogP contribution in [0.4, 0.5) is 0 Å². The molecule has 0 saturated heterocycles. The number of hydrogen-bond acceptors (Lipinski definition) is 6. The zero-order chi connectivity index (χ0) is 21.9. The maximum absolute atomic E-state index is 12.3. The predicted molar refractivity (Wildman–Crippen MR) is 112 cm³/mol. The fraction of sp³-hybridized carbons (Fsp3) is 0.826. The quantitative estimate of drug-likeness (QED) is 0.257. The lowest BCUT2D eigenvalue weighted by atomic mass is 9.86. The summed E-state index contributed by atoms with van der Waals surface area (Å²) >= 11 is 0. The van der Waals surface area contributed by atoms with Crippen LogP contribution >= 0.6 is 0 Å². The molecule has 1 aliphatic carbocycles. The molecular formula is C23H40O6. The van der Waals surface area contributed by atoms with E-state index in [9.17, 15) is 19.8 Å². The van der Waals surface area contributed by atoms with Gasteiger partial charge in [-0.1, -0.05) is 51.2 Å². The molecule has 29 heavy (non-hydrogen) atoms. The summed E-state index contributed by atoms with van der Waals surface area (Å²) in [6.45, 7) is 3.98. The molecule has 0 aromatic carbocycles. The zero-order valence-corrected chi connectivity index (χ0v) is 18.6. The highest BCUT2D eigenvalue weighted by atomic mass is 16.5. The summed E-state index contributed by atoms with van der Waals surface area (Å²) in [7, 11) is 2.99. The standard InChI is InChI=1S/C23H40O6/c1-5-6-15-23(2,29-4)21(26)14-13-18-17(19(24)16-20(18)25)11-9-7-8-10-12-22(27)28-3/h13-14,17-18,20-21,25-26H,5-12,15-16H2,1-4H3/t17-,18-,20-,21-,23-/m1/s1. The first kappa shape index (κ1) is 25.8. The Morgan fingerprint density at radius 3 is 2.55 bits per heavy atom. The van der Waals surface area contributed by atoms with Crippen molar-refractivity contribution in [3.8, 4) is 0 Å². The van der Waals surface area contributed by atoms with Gasteiger partial charge in [-0.2, -0.15) is 0 Å². The Labute approximate surface area is 175 Å². The number of esters is 1. The van der Waals surface area contributed by atoms with Crippen molar-refractivity contribution in [2.75, 3.05) is 14.2 Å². The third-order valence-electron chi connectivity index (χ3n) is 6.24. The molecule has 6 heteroatoms. The molecule has 1 rings (SSSR count). The summed E-state index contributed by atoms with van der Waals surface area (Å²) in [6.07, 6.45) is 9.58. The van der Waals surface area contributed by atoms with Crippen LogP contribution in [0.15, 0.2) is 12.2 Å². The van der Waals surface area contributed by atoms with Crippen LogP contribution in [0.3, 0.4) is 0 Å². The summed E-state index contributed by atoms with van der Waals surface area (Å²) in [4.78, 5) is 23.5. The molecule has 0 heterocycles. The molecule has 0 aliphatic heterocycles. The van der Waals surface area contributed by atoms with Crippen molar-refractivity contribution < 1.29 is 29.3 Å². The highest BCUT2D eigenvalue weighted by molar-refractivity contribution is 5.84. The maximum Gasteiger partial charge on any atom is 0.305 e. The molecule has 0 radical (unpaired) electrons. The SMILES string of the molecule is CCCC[C@@](C)(OC)[C@H](O)C=C[C@H]1[C@H](O)CC(=O)[C@@H]1CCCCCCC(=O)OC. The number of carbonyl (C=O) groups is 2. The van der Waals surface area contributed by atoms with E-state index < -0.39 is 17.8 Å². The molecule has 2 N–H and O–H groups in total. The van der Waals surface area contributed by atoms with E-state index in [1.807, 2.05) is 13.0 Å². The van der Waals surface area contributed by atoms with Gasteiger partial charge in [0.05, 0.1) is 18.8 Å². The van der Waals surface area contributed by atoms with Gasteiger partial charge in [-0.25, -0.2) is 0 Å². The van der Waals surface area contributed by atoms with E-state index in [-0.39, 0.29) is 30.0 Å². The van der Waals surface area contributed by atoms with E-state index in [2.05, 4.69) is 11.7 Å². The van der Waals surface area contributed by atoms with Gasteiger partial charge in [-0.15, -0.1) is 0 Å². The Hall–Kier alpha value is -1.24. The minimum absolute atomic E-state index is 0.0942. The van der Waals surface area contributed by atoms with Crippen LogP contribution in [0.25, 0.3) is 0 Å². The maximum atomic E-state index is 12.3. The summed E-state index contributed by atoms with van der Waals surface area (Å²) in [5.74, 6) is -0.570. The van der Waals surface area contributed by atoms with Gasteiger partial charge >= 0.3 is 5.97 Å². The molecule has 168 valence electrons. The fourth-order valence-electron chi connectivity index (χ4n) is 4.02. The van der Waals surface area contributed by atoms with E-state index in [0.717, 1.165) is 51.4 Å². The molecule has 0 amide bonds. The third-order valence-corrected chi connectivity index (χ3v) is 6.24. The Morgan fingerprint density at radius 2 is 1.93 bits per heavy atom. The molecule has 0 spiro atoms. The smallest absolute Gasteiger partial charge is 0.305 e. The number of unbranched alkanes of at least 4 members (excludes halogenated alkanes) is 4. The van der Waals surface area contributed by atoms with Crippen LogP contribution in [-0.2, 0) is 19.1 Å². The van der Waals surface area contributed by atoms with Gasteiger partial charge in [0, 0.05) is 31.8 Å². The monoisotopic (exact) mass is 412 g/mol. The number of aliphatic hydroxyl groups is 2. The second kappa shape index (κ2) is 13.1. The summed E-state index contributed by atoms with van der Waals surface area (Å²) < 4.78 is 10.2. The topological polar surface area (TPSA) is 93.1 Å². The first-order chi connectivity index (χ1) is 13.8. The van der Waals surface area contributed by atoms with Crippen LogP contribution in [0.1, 0.15) is 78.1 Å². The molecule has 1 fully saturated rings.